The maximum Gasteiger partial charge on any atom is 0.195 e. The topological polar surface area (TPSA) is 58.2 Å². The molecule has 5 nitrogen and oxygen atoms in total. The van der Waals surface area contributed by atoms with Gasteiger partial charge in [-0.1, -0.05) is 59.5 Å². The fourth-order valence-electron chi connectivity index (χ4n) is 3.68. The fourth-order valence-corrected chi connectivity index (χ4v) is 3.81. The Kier molecular flexibility index (Phi) is 15.1. The minimum absolute atomic E-state index is 0.0252. The number of pyridine rings is 1. The monoisotopic (exact) mass is 490 g/mol. The number of rotatable bonds is 13. The summed E-state index contributed by atoms with van der Waals surface area (Å²) in [6, 6.07) is 7.49. The maximum atomic E-state index is 13.1. The van der Waals surface area contributed by atoms with Gasteiger partial charge in [0.05, 0.1) is 18.7 Å². The molecule has 0 saturated heterocycles. The number of nitrogens with one attached hydrogen (secondary N) is 3. The lowest BCUT2D eigenvalue weighted by atomic mass is 9.93. The number of benzene rings is 1. The maximum absolute atomic E-state index is 13.1. The summed E-state index contributed by atoms with van der Waals surface area (Å²) in [5, 5.41) is 7.70. The minimum Gasteiger partial charge on any atom is -0.497 e. The molecule has 0 amide bonds. The molecule has 7 heteroatoms. The molecule has 1 aromatic heterocycles. The number of thiocarbonyl (C=S) groups is 1. The molecule has 0 aliphatic heterocycles. The smallest absolute Gasteiger partial charge is 0.195 e. The van der Waals surface area contributed by atoms with E-state index in [1.165, 1.54) is 19.3 Å². The number of methoxy groups -OCH3 is 1. The Morgan fingerprint density at radius 1 is 1.18 bits per heavy atom. The predicted octanol–water partition coefficient (Wildman–Crippen LogP) is 6.80. The number of unbranched alkanes of at least 4 members (excludes halogenated alkanes) is 2. The first kappa shape index (κ1) is 29.8. The molecule has 1 heterocycles. The highest BCUT2D eigenvalue weighted by atomic mass is 32.1. The normalized spacial score (nSPS) is 13.2. The number of hydrogen-bond donors (Lipinski definition) is 3. The second-order valence-corrected chi connectivity index (χ2v) is 8.80. The predicted molar refractivity (Wildman–Crippen MR) is 147 cm³/mol. The van der Waals surface area contributed by atoms with Gasteiger partial charge in [0.15, 0.2) is 5.11 Å². The molecular formula is C27H43FN4OS. The van der Waals surface area contributed by atoms with Crippen molar-refractivity contribution in [1.82, 2.24) is 21.2 Å². The Hall–Kier alpha value is -2.25. The SMILES string of the molecule is C=CC(CCCC)CNC(CC)C(NC(=S)NF)c1ccnc2ccc(OC)cc12.CCCC. The Morgan fingerprint density at radius 2 is 1.91 bits per heavy atom. The summed E-state index contributed by atoms with van der Waals surface area (Å²) in [5.41, 5.74) is 3.39. The van der Waals surface area contributed by atoms with Gasteiger partial charge in [0.25, 0.3) is 0 Å². The lowest BCUT2D eigenvalue weighted by Crippen LogP contribution is -2.46. The average Bonchev–Trinajstić information content (AvgIpc) is 2.89. The van der Waals surface area contributed by atoms with Gasteiger partial charge in [-0.2, -0.15) is 5.54 Å². The molecular weight excluding hydrogens is 447 g/mol. The van der Waals surface area contributed by atoms with Crippen LogP contribution in [0.5, 0.6) is 5.75 Å². The van der Waals surface area contributed by atoms with Crippen LogP contribution in [0.3, 0.4) is 0 Å². The van der Waals surface area contributed by atoms with E-state index in [-0.39, 0.29) is 17.2 Å². The number of nitrogens with zero attached hydrogens (tertiary/aromatic N) is 1. The molecule has 34 heavy (non-hydrogen) atoms. The van der Waals surface area contributed by atoms with Gasteiger partial charge >= 0.3 is 0 Å². The first-order valence-electron chi connectivity index (χ1n) is 12.4. The van der Waals surface area contributed by atoms with Gasteiger partial charge in [0.1, 0.15) is 5.75 Å². The third-order valence-corrected chi connectivity index (χ3v) is 6.13. The van der Waals surface area contributed by atoms with E-state index in [4.69, 9.17) is 17.0 Å². The summed E-state index contributed by atoms with van der Waals surface area (Å²) in [5.74, 6) is 1.13. The van der Waals surface area contributed by atoms with Gasteiger partial charge in [0, 0.05) is 24.2 Å². The molecule has 3 atom stereocenters. The second kappa shape index (κ2) is 17.2. The summed E-state index contributed by atoms with van der Waals surface area (Å²) in [6.07, 6.45) is 10.7. The molecule has 0 saturated carbocycles. The fraction of sp³-hybridized carbons (Fsp3) is 0.556. The lowest BCUT2D eigenvalue weighted by molar-refractivity contribution is 0.363. The van der Waals surface area contributed by atoms with Crippen LogP contribution in [-0.4, -0.2) is 29.8 Å². The van der Waals surface area contributed by atoms with Gasteiger partial charge < -0.3 is 15.4 Å². The first-order chi connectivity index (χ1) is 16.5. The number of hydrogen-bond acceptors (Lipinski definition) is 4. The zero-order chi connectivity index (χ0) is 25.3. The van der Waals surface area contributed by atoms with Crippen molar-refractivity contribution in [3.8, 4) is 5.75 Å². The van der Waals surface area contributed by atoms with Crippen LogP contribution in [0.15, 0.2) is 43.1 Å². The number of fused-ring (bicyclic) bond motifs is 1. The van der Waals surface area contributed by atoms with Crippen LogP contribution in [-0.2, 0) is 0 Å². The standard InChI is InChI=1S/C23H33FN4OS.C4H10/c1-5-8-9-16(6-2)15-26-20(7-3)22(27-23(30)28-24)18-12-13-25-21-11-10-17(29-4)14-19(18)21;1-3-4-2/h6,10-14,16,20,22,26H,2,5,7-9,15H2,1,3-4H3,(H2,27,28,30);3-4H2,1-2H3. The summed E-state index contributed by atoms with van der Waals surface area (Å²) >= 11 is 5.10. The highest BCUT2D eigenvalue weighted by molar-refractivity contribution is 7.80. The molecule has 190 valence electrons. The summed E-state index contributed by atoms with van der Waals surface area (Å²) in [7, 11) is 1.64. The lowest BCUT2D eigenvalue weighted by Gasteiger charge is -2.31. The van der Waals surface area contributed by atoms with E-state index in [0.717, 1.165) is 48.0 Å². The molecule has 0 radical (unpaired) electrons. The number of halogens is 1. The van der Waals surface area contributed by atoms with E-state index in [1.54, 1.807) is 18.8 Å². The third kappa shape index (κ3) is 9.55. The van der Waals surface area contributed by atoms with Crippen molar-refractivity contribution >= 4 is 28.2 Å². The summed E-state index contributed by atoms with van der Waals surface area (Å²) < 4.78 is 18.5. The average molecular weight is 491 g/mol. The van der Waals surface area contributed by atoms with Crippen LogP contribution in [0.25, 0.3) is 10.9 Å². The Labute approximate surface area is 210 Å². The minimum atomic E-state index is -0.250. The van der Waals surface area contributed by atoms with Gasteiger partial charge in [-0.3, -0.25) is 4.98 Å². The van der Waals surface area contributed by atoms with Gasteiger partial charge in [0.2, 0.25) is 0 Å². The highest BCUT2D eigenvalue weighted by Crippen LogP contribution is 2.29. The van der Waals surface area contributed by atoms with Crippen LogP contribution in [0.1, 0.15) is 77.8 Å². The van der Waals surface area contributed by atoms with E-state index in [9.17, 15) is 4.48 Å². The van der Waals surface area contributed by atoms with Crippen molar-refractivity contribution in [2.45, 2.75) is 78.3 Å². The first-order valence-corrected chi connectivity index (χ1v) is 12.9. The Bertz CT molecular complexity index is 862. The largest absolute Gasteiger partial charge is 0.497 e. The van der Waals surface area contributed by atoms with Gasteiger partial charge in [-0.25, -0.2) is 0 Å². The quantitative estimate of drug-likeness (QED) is 0.163. The molecule has 0 aliphatic carbocycles. The molecule has 3 N–H and O–H groups in total. The van der Waals surface area contributed by atoms with Gasteiger partial charge in [-0.05, 0) is 60.8 Å². The Balaban J connectivity index is 0.00000133. The van der Waals surface area contributed by atoms with Crippen LogP contribution < -0.4 is 20.9 Å². The van der Waals surface area contributed by atoms with Crippen molar-refractivity contribution in [2.24, 2.45) is 5.92 Å². The van der Waals surface area contributed by atoms with Crippen molar-refractivity contribution in [3.63, 3.8) is 0 Å². The number of aromatic nitrogens is 1. The van der Waals surface area contributed by atoms with Crippen LogP contribution in [0, 0.1) is 5.92 Å². The summed E-state index contributed by atoms with van der Waals surface area (Å²) in [6.45, 7) is 13.5. The zero-order valence-corrected chi connectivity index (χ0v) is 22.3. The van der Waals surface area contributed by atoms with E-state index >= 15 is 0 Å². The van der Waals surface area contributed by atoms with E-state index in [0.29, 0.717) is 5.92 Å². The molecule has 2 aromatic rings. The second-order valence-electron chi connectivity index (χ2n) is 8.39. The van der Waals surface area contributed by atoms with E-state index < -0.39 is 0 Å². The number of ether oxygens (including phenoxy) is 1. The van der Waals surface area contributed by atoms with Crippen molar-refractivity contribution < 1.29 is 9.22 Å². The highest BCUT2D eigenvalue weighted by Gasteiger charge is 2.25. The van der Waals surface area contributed by atoms with Gasteiger partial charge in [-0.15, -0.1) is 11.1 Å². The molecule has 3 unspecified atom stereocenters. The third-order valence-electron chi connectivity index (χ3n) is 5.94. The summed E-state index contributed by atoms with van der Waals surface area (Å²) in [4.78, 5) is 4.47. The zero-order valence-electron chi connectivity index (χ0n) is 21.5. The van der Waals surface area contributed by atoms with Crippen molar-refractivity contribution in [1.29, 1.82) is 0 Å². The van der Waals surface area contributed by atoms with Crippen LogP contribution in [0.4, 0.5) is 4.48 Å². The molecule has 1 aromatic carbocycles. The Morgan fingerprint density at radius 3 is 2.47 bits per heavy atom. The molecule has 0 spiro atoms. The van der Waals surface area contributed by atoms with E-state index in [1.807, 2.05) is 30.3 Å². The van der Waals surface area contributed by atoms with Crippen molar-refractivity contribution in [2.75, 3.05) is 13.7 Å². The van der Waals surface area contributed by atoms with E-state index in [2.05, 4.69) is 49.9 Å². The molecule has 2 rings (SSSR count). The molecule has 0 aliphatic rings. The van der Waals surface area contributed by atoms with Crippen LogP contribution >= 0.6 is 12.2 Å². The van der Waals surface area contributed by atoms with Crippen LogP contribution in [0.2, 0.25) is 0 Å². The van der Waals surface area contributed by atoms with Crippen molar-refractivity contribution in [3.05, 3.63) is 48.7 Å². The molecule has 0 bridgehead atoms. The molecule has 0 fully saturated rings.